The molecule has 0 aromatic heterocycles. The highest BCUT2D eigenvalue weighted by atomic mass is 16.5. The highest BCUT2D eigenvalue weighted by Gasteiger charge is 2.14. The van der Waals surface area contributed by atoms with Gasteiger partial charge in [-0.25, -0.2) is 4.79 Å². The highest BCUT2D eigenvalue weighted by molar-refractivity contribution is 5.86. The van der Waals surface area contributed by atoms with Crippen molar-refractivity contribution in [1.29, 1.82) is 0 Å². The molecule has 0 aromatic carbocycles. The molecular weight excluding hydrogens is 258 g/mol. The van der Waals surface area contributed by atoms with Crippen LogP contribution in [-0.2, 0) is 14.3 Å². The van der Waals surface area contributed by atoms with Gasteiger partial charge >= 0.3 is 11.9 Å². The smallest absolute Gasteiger partial charge is 0.333 e. The highest BCUT2D eigenvalue weighted by Crippen LogP contribution is 2.07. The van der Waals surface area contributed by atoms with Crippen LogP contribution in [0.1, 0.15) is 39.0 Å². The van der Waals surface area contributed by atoms with Crippen molar-refractivity contribution in [3.05, 3.63) is 12.2 Å². The van der Waals surface area contributed by atoms with Crippen LogP contribution in [0.5, 0.6) is 0 Å². The Kier molecular flexibility index (Phi) is 8.88. The third-order valence-electron chi connectivity index (χ3n) is 3.14. The van der Waals surface area contributed by atoms with Crippen LogP contribution in [0.3, 0.4) is 0 Å². The Morgan fingerprint density at radius 2 is 1.65 bits per heavy atom. The van der Waals surface area contributed by atoms with Gasteiger partial charge in [-0.1, -0.05) is 6.58 Å². The fraction of sp³-hybridized carbons (Fsp3) is 0.733. The summed E-state index contributed by atoms with van der Waals surface area (Å²) in [5.41, 5.74) is 0.430. The molecule has 0 aliphatic rings. The van der Waals surface area contributed by atoms with E-state index in [-0.39, 0.29) is 12.4 Å². The Balaban J connectivity index is 3.63. The van der Waals surface area contributed by atoms with Crippen molar-refractivity contribution in [3.63, 3.8) is 0 Å². The Morgan fingerprint density at radius 1 is 1.10 bits per heavy atom. The summed E-state index contributed by atoms with van der Waals surface area (Å²) in [6.45, 7) is 7.57. The van der Waals surface area contributed by atoms with Gasteiger partial charge in [0.2, 0.25) is 0 Å². The summed E-state index contributed by atoms with van der Waals surface area (Å²) in [6.07, 6.45) is 3.72. The molecule has 5 heteroatoms. The van der Waals surface area contributed by atoms with Crippen molar-refractivity contribution < 1.29 is 23.9 Å². The lowest BCUT2D eigenvalue weighted by molar-refractivity contribution is -0.890. The van der Waals surface area contributed by atoms with Gasteiger partial charge in [0, 0.05) is 12.0 Å². The second-order valence-corrected chi connectivity index (χ2v) is 5.86. The molecular formula is C15H28NO4+. The molecule has 20 heavy (non-hydrogen) atoms. The molecule has 0 saturated carbocycles. The Hall–Kier alpha value is -1.36. The van der Waals surface area contributed by atoms with Crippen LogP contribution in [0.4, 0.5) is 0 Å². The molecule has 0 heterocycles. The third-order valence-corrected chi connectivity index (χ3v) is 3.14. The van der Waals surface area contributed by atoms with Crippen molar-refractivity contribution in [2.45, 2.75) is 39.0 Å². The number of rotatable bonds is 11. The number of carbonyl (C=O) groups is 2. The minimum atomic E-state index is -0.727. The largest absolute Gasteiger partial charge is 0.481 e. The SMILES string of the molecule is C=C(C)C(=O)OCCCC[N+](C)(C)CCCCC(=O)O. The van der Waals surface area contributed by atoms with Gasteiger partial charge in [-0.3, -0.25) is 4.79 Å². The lowest BCUT2D eigenvalue weighted by Gasteiger charge is -2.29. The van der Waals surface area contributed by atoms with E-state index in [0.29, 0.717) is 12.2 Å². The molecule has 0 spiro atoms. The molecule has 1 N–H and O–H groups in total. The van der Waals surface area contributed by atoms with E-state index in [2.05, 4.69) is 20.7 Å². The van der Waals surface area contributed by atoms with Gasteiger partial charge in [-0.05, 0) is 32.6 Å². The topological polar surface area (TPSA) is 63.6 Å². The number of nitrogens with zero attached hydrogens (tertiary/aromatic N) is 1. The number of hydrogen-bond donors (Lipinski definition) is 1. The van der Waals surface area contributed by atoms with Gasteiger partial charge in [0.25, 0.3) is 0 Å². The van der Waals surface area contributed by atoms with Crippen molar-refractivity contribution in [3.8, 4) is 0 Å². The van der Waals surface area contributed by atoms with Crippen LogP contribution in [0.2, 0.25) is 0 Å². The van der Waals surface area contributed by atoms with E-state index in [4.69, 9.17) is 9.84 Å². The second kappa shape index (κ2) is 9.53. The zero-order valence-electron chi connectivity index (χ0n) is 13.0. The predicted molar refractivity (Wildman–Crippen MR) is 78.3 cm³/mol. The van der Waals surface area contributed by atoms with E-state index < -0.39 is 5.97 Å². The van der Waals surface area contributed by atoms with Crippen LogP contribution in [0.15, 0.2) is 12.2 Å². The lowest BCUT2D eigenvalue weighted by Crippen LogP contribution is -2.41. The number of ether oxygens (including phenoxy) is 1. The molecule has 0 rings (SSSR count). The number of quaternary nitrogens is 1. The van der Waals surface area contributed by atoms with Gasteiger partial charge in [-0.15, -0.1) is 0 Å². The van der Waals surface area contributed by atoms with Crippen molar-refractivity contribution in [1.82, 2.24) is 0 Å². The van der Waals surface area contributed by atoms with E-state index >= 15 is 0 Å². The van der Waals surface area contributed by atoms with Gasteiger partial charge in [0.1, 0.15) is 0 Å². The van der Waals surface area contributed by atoms with E-state index in [9.17, 15) is 9.59 Å². The second-order valence-electron chi connectivity index (χ2n) is 5.86. The normalized spacial score (nSPS) is 11.2. The van der Waals surface area contributed by atoms with Gasteiger partial charge in [0.15, 0.2) is 0 Å². The maximum atomic E-state index is 11.2. The molecule has 116 valence electrons. The van der Waals surface area contributed by atoms with Crippen LogP contribution in [-0.4, -0.2) is 55.3 Å². The predicted octanol–water partition coefficient (Wildman–Crippen LogP) is 2.22. The molecule has 0 aromatic rings. The molecule has 0 bridgehead atoms. The molecule has 0 radical (unpaired) electrons. The Labute approximate surface area is 121 Å². The lowest BCUT2D eigenvalue weighted by atomic mass is 10.2. The zero-order valence-corrected chi connectivity index (χ0v) is 13.0. The first kappa shape index (κ1) is 18.6. The summed E-state index contributed by atoms with van der Waals surface area (Å²) in [5, 5.41) is 8.57. The summed E-state index contributed by atoms with van der Waals surface area (Å²) in [4.78, 5) is 21.6. The van der Waals surface area contributed by atoms with Gasteiger partial charge in [0.05, 0.1) is 33.8 Å². The fourth-order valence-corrected chi connectivity index (χ4v) is 1.86. The Morgan fingerprint density at radius 3 is 2.15 bits per heavy atom. The number of carboxylic acid groups (broad SMARTS) is 1. The molecule has 0 unspecified atom stereocenters. The maximum Gasteiger partial charge on any atom is 0.333 e. The minimum absolute atomic E-state index is 0.247. The molecule has 0 amide bonds. The number of unbranched alkanes of at least 4 members (excludes halogenated alkanes) is 2. The van der Waals surface area contributed by atoms with Crippen molar-refractivity contribution in [2.75, 3.05) is 33.8 Å². The number of carboxylic acids is 1. The van der Waals surface area contributed by atoms with Crippen LogP contribution in [0, 0.1) is 0 Å². The minimum Gasteiger partial charge on any atom is -0.481 e. The van der Waals surface area contributed by atoms with Crippen LogP contribution >= 0.6 is 0 Å². The van der Waals surface area contributed by atoms with Gasteiger partial charge in [-0.2, -0.15) is 0 Å². The average molecular weight is 286 g/mol. The van der Waals surface area contributed by atoms with E-state index in [1.165, 1.54) is 0 Å². The standard InChI is InChI=1S/C15H27NO4/c1-13(2)15(19)20-12-8-7-11-16(3,4)10-6-5-9-14(17)18/h1,5-12H2,2-4H3/p+1. The summed E-state index contributed by atoms with van der Waals surface area (Å²) in [7, 11) is 4.28. The number of carbonyl (C=O) groups excluding carboxylic acids is 1. The third kappa shape index (κ3) is 10.6. The number of esters is 1. The first-order chi connectivity index (χ1) is 9.24. The molecule has 0 saturated heterocycles. The van der Waals surface area contributed by atoms with Crippen LogP contribution < -0.4 is 0 Å². The van der Waals surface area contributed by atoms with Crippen LogP contribution in [0.25, 0.3) is 0 Å². The molecule has 5 nitrogen and oxygen atoms in total. The van der Waals surface area contributed by atoms with E-state index in [1.54, 1.807) is 6.92 Å². The Bertz CT molecular complexity index is 337. The van der Waals surface area contributed by atoms with E-state index in [1.807, 2.05) is 0 Å². The summed E-state index contributed by atoms with van der Waals surface area (Å²) in [5.74, 6) is -1.05. The van der Waals surface area contributed by atoms with Crippen molar-refractivity contribution >= 4 is 11.9 Å². The summed E-state index contributed by atoms with van der Waals surface area (Å²) < 4.78 is 5.90. The molecule has 0 atom stereocenters. The molecule has 0 aliphatic heterocycles. The molecule has 0 aliphatic carbocycles. The van der Waals surface area contributed by atoms with Crippen molar-refractivity contribution in [2.24, 2.45) is 0 Å². The number of hydrogen-bond acceptors (Lipinski definition) is 3. The fourth-order valence-electron chi connectivity index (χ4n) is 1.86. The number of aliphatic carboxylic acids is 1. The monoisotopic (exact) mass is 286 g/mol. The van der Waals surface area contributed by atoms with E-state index in [0.717, 1.165) is 43.3 Å². The zero-order chi connectivity index (χ0) is 15.6. The molecule has 0 fully saturated rings. The summed E-state index contributed by atoms with van der Waals surface area (Å²) >= 11 is 0. The maximum absolute atomic E-state index is 11.2. The summed E-state index contributed by atoms with van der Waals surface area (Å²) in [6, 6.07) is 0. The average Bonchev–Trinajstić information content (AvgIpc) is 2.33. The van der Waals surface area contributed by atoms with Gasteiger partial charge < -0.3 is 14.3 Å². The first-order valence-electron chi connectivity index (χ1n) is 7.11. The first-order valence-corrected chi connectivity index (χ1v) is 7.11. The quantitative estimate of drug-likeness (QED) is 0.274.